The van der Waals surface area contributed by atoms with E-state index in [-0.39, 0.29) is 4.90 Å². The highest BCUT2D eigenvalue weighted by atomic mass is 32.2. The number of rotatable bonds is 9. The molecule has 2 rings (SSSR count). The van der Waals surface area contributed by atoms with Crippen molar-refractivity contribution < 1.29 is 17.9 Å². The molecule has 0 radical (unpaired) electrons. The highest BCUT2D eigenvalue weighted by Gasteiger charge is 2.12. The smallest absolute Gasteiger partial charge is 0.276 e. The minimum absolute atomic E-state index is 0.156. The van der Waals surface area contributed by atoms with Gasteiger partial charge in [0.25, 0.3) is 10.0 Å². The summed E-state index contributed by atoms with van der Waals surface area (Å²) in [6.07, 6.45) is 3.05. The lowest BCUT2D eigenvalue weighted by Crippen LogP contribution is -2.18. The number of nitrogens with zero attached hydrogens (tertiary/aromatic N) is 1. The summed E-state index contributed by atoms with van der Waals surface area (Å²) in [5, 5.41) is 3.83. The first-order valence-electron chi connectivity index (χ1n) is 8.08. The lowest BCUT2D eigenvalue weighted by molar-refractivity contribution is 0.297. The maximum atomic E-state index is 12.2. The second-order valence-electron chi connectivity index (χ2n) is 5.40. The Labute approximate surface area is 154 Å². The molecule has 0 atom stereocenters. The summed E-state index contributed by atoms with van der Waals surface area (Å²) < 4.78 is 35.5. The molecule has 0 bridgehead atoms. The number of sulfonamides is 1. The molecular formula is C19H22N2O4S. The van der Waals surface area contributed by atoms with Crippen LogP contribution in [0.25, 0.3) is 0 Å². The molecule has 0 aliphatic heterocycles. The quantitative estimate of drug-likeness (QED) is 0.415. The largest absolute Gasteiger partial charge is 0.490 e. The van der Waals surface area contributed by atoms with Crippen molar-refractivity contribution in [3.05, 3.63) is 66.2 Å². The molecule has 1 N–H and O–H groups in total. The van der Waals surface area contributed by atoms with Gasteiger partial charge in [0.05, 0.1) is 17.7 Å². The van der Waals surface area contributed by atoms with E-state index in [0.29, 0.717) is 30.3 Å². The van der Waals surface area contributed by atoms with E-state index in [1.165, 1.54) is 18.3 Å². The predicted octanol–water partition coefficient (Wildman–Crippen LogP) is 3.27. The number of aryl methyl sites for hydroxylation is 1. The van der Waals surface area contributed by atoms with Gasteiger partial charge in [-0.05, 0) is 49.7 Å². The van der Waals surface area contributed by atoms with Crippen LogP contribution in [0.2, 0.25) is 0 Å². The lowest BCUT2D eigenvalue weighted by Gasteiger charge is -2.11. The standard InChI is InChI=1S/C19H22N2O4S/c1-4-12-25-18-11-8-16(13-19(18)24-5-2)14-20-21-26(22,23)17-9-6-15(3)7-10-17/h4,6-11,13-14,21H,1,5,12H2,2-3H3/b20-14-. The van der Waals surface area contributed by atoms with Gasteiger partial charge in [-0.2, -0.15) is 13.5 Å². The van der Waals surface area contributed by atoms with Gasteiger partial charge in [0.2, 0.25) is 0 Å². The Kier molecular flexibility index (Phi) is 6.80. The third-order valence-electron chi connectivity index (χ3n) is 3.34. The zero-order valence-corrected chi connectivity index (χ0v) is 15.6. The zero-order chi connectivity index (χ0) is 19.0. The SMILES string of the molecule is C=CCOc1ccc(/C=N\NS(=O)(=O)c2ccc(C)cc2)cc1OCC. The van der Waals surface area contributed by atoms with Crippen LogP contribution in [0.1, 0.15) is 18.1 Å². The van der Waals surface area contributed by atoms with Crippen molar-refractivity contribution in [2.75, 3.05) is 13.2 Å². The number of hydrogen-bond donors (Lipinski definition) is 1. The van der Waals surface area contributed by atoms with Crippen LogP contribution in [-0.4, -0.2) is 27.8 Å². The van der Waals surface area contributed by atoms with E-state index >= 15 is 0 Å². The Morgan fingerprint density at radius 3 is 2.50 bits per heavy atom. The van der Waals surface area contributed by atoms with Crippen molar-refractivity contribution in [1.29, 1.82) is 0 Å². The molecule has 0 unspecified atom stereocenters. The van der Waals surface area contributed by atoms with Crippen LogP contribution in [0.3, 0.4) is 0 Å². The molecule has 0 saturated heterocycles. The van der Waals surface area contributed by atoms with E-state index < -0.39 is 10.0 Å². The van der Waals surface area contributed by atoms with Crippen molar-refractivity contribution in [3.8, 4) is 11.5 Å². The molecular weight excluding hydrogens is 352 g/mol. The third-order valence-corrected chi connectivity index (χ3v) is 4.58. The molecule has 0 heterocycles. The van der Waals surface area contributed by atoms with Gasteiger partial charge < -0.3 is 9.47 Å². The number of hydrazone groups is 1. The molecule has 0 amide bonds. The Bertz CT molecular complexity index is 875. The number of nitrogens with one attached hydrogen (secondary N) is 1. The predicted molar refractivity (Wildman–Crippen MR) is 102 cm³/mol. The molecule has 0 aliphatic rings. The summed E-state index contributed by atoms with van der Waals surface area (Å²) >= 11 is 0. The minimum Gasteiger partial charge on any atom is -0.490 e. The monoisotopic (exact) mass is 374 g/mol. The van der Waals surface area contributed by atoms with Crippen LogP contribution in [0.5, 0.6) is 11.5 Å². The van der Waals surface area contributed by atoms with Gasteiger partial charge >= 0.3 is 0 Å². The molecule has 2 aromatic carbocycles. The third kappa shape index (κ3) is 5.35. The van der Waals surface area contributed by atoms with Gasteiger partial charge in [-0.25, -0.2) is 4.83 Å². The van der Waals surface area contributed by atoms with Crippen molar-refractivity contribution in [3.63, 3.8) is 0 Å². The van der Waals surface area contributed by atoms with Crippen LogP contribution in [0.15, 0.2) is 65.1 Å². The van der Waals surface area contributed by atoms with Crippen LogP contribution >= 0.6 is 0 Å². The molecule has 0 aromatic heterocycles. The van der Waals surface area contributed by atoms with E-state index in [1.807, 2.05) is 13.8 Å². The molecule has 0 aliphatic carbocycles. The zero-order valence-electron chi connectivity index (χ0n) is 14.8. The molecule has 6 nitrogen and oxygen atoms in total. The van der Waals surface area contributed by atoms with Gasteiger partial charge in [0.15, 0.2) is 11.5 Å². The van der Waals surface area contributed by atoms with Crippen LogP contribution in [0.4, 0.5) is 0 Å². The highest BCUT2D eigenvalue weighted by molar-refractivity contribution is 7.89. The lowest BCUT2D eigenvalue weighted by atomic mass is 10.2. The van der Waals surface area contributed by atoms with Gasteiger partial charge in [-0.1, -0.05) is 30.4 Å². The summed E-state index contributed by atoms with van der Waals surface area (Å²) in [4.78, 5) is 2.36. The van der Waals surface area contributed by atoms with Crippen molar-refractivity contribution in [2.24, 2.45) is 5.10 Å². The van der Waals surface area contributed by atoms with E-state index in [0.717, 1.165) is 5.56 Å². The van der Waals surface area contributed by atoms with E-state index in [2.05, 4.69) is 16.5 Å². The molecule has 0 fully saturated rings. The summed E-state index contributed by atoms with van der Waals surface area (Å²) in [6, 6.07) is 11.8. The van der Waals surface area contributed by atoms with Crippen molar-refractivity contribution >= 4 is 16.2 Å². The first kappa shape index (κ1) is 19.5. The number of benzene rings is 2. The summed E-state index contributed by atoms with van der Waals surface area (Å²) in [5.41, 5.74) is 1.65. The Morgan fingerprint density at radius 1 is 1.12 bits per heavy atom. The highest BCUT2D eigenvalue weighted by Crippen LogP contribution is 2.28. The normalized spacial score (nSPS) is 11.3. The van der Waals surface area contributed by atoms with Crippen LogP contribution < -0.4 is 14.3 Å². The average molecular weight is 374 g/mol. The van der Waals surface area contributed by atoms with E-state index in [4.69, 9.17) is 9.47 Å². The van der Waals surface area contributed by atoms with Gasteiger partial charge in [-0.3, -0.25) is 0 Å². The minimum atomic E-state index is -3.70. The van der Waals surface area contributed by atoms with E-state index in [1.54, 1.807) is 36.4 Å². The second-order valence-corrected chi connectivity index (χ2v) is 7.07. The molecule has 138 valence electrons. The van der Waals surface area contributed by atoms with E-state index in [9.17, 15) is 8.42 Å². The van der Waals surface area contributed by atoms with Crippen molar-refractivity contribution in [2.45, 2.75) is 18.7 Å². The summed E-state index contributed by atoms with van der Waals surface area (Å²) in [5.74, 6) is 1.14. The fourth-order valence-corrected chi connectivity index (χ4v) is 2.87. The maximum absolute atomic E-state index is 12.2. The fourth-order valence-electron chi connectivity index (χ4n) is 2.08. The van der Waals surface area contributed by atoms with Gasteiger partial charge in [-0.15, -0.1) is 0 Å². The summed E-state index contributed by atoms with van der Waals surface area (Å²) in [7, 11) is -3.70. The second kappa shape index (κ2) is 9.05. The number of ether oxygens (including phenoxy) is 2. The first-order valence-corrected chi connectivity index (χ1v) is 9.56. The molecule has 2 aromatic rings. The fraction of sp³-hybridized carbons (Fsp3) is 0.211. The number of hydrogen-bond acceptors (Lipinski definition) is 5. The Hall–Kier alpha value is -2.80. The van der Waals surface area contributed by atoms with Crippen LogP contribution in [-0.2, 0) is 10.0 Å². The molecule has 7 heteroatoms. The molecule has 0 spiro atoms. The first-order chi connectivity index (χ1) is 12.5. The molecule has 0 saturated carbocycles. The Balaban J connectivity index is 2.12. The van der Waals surface area contributed by atoms with Crippen molar-refractivity contribution in [1.82, 2.24) is 4.83 Å². The van der Waals surface area contributed by atoms with Gasteiger partial charge in [0.1, 0.15) is 6.61 Å². The Morgan fingerprint density at radius 2 is 1.85 bits per heavy atom. The average Bonchev–Trinajstić information content (AvgIpc) is 2.61. The maximum Gasteiger partial charge on any atom is 0.276 e. The topological polar surface area (TPSA) is 77.0 Å². The van der Waals surface area contributed by atoms with Gasteiger partial charge in [0, 0.05) is 0 Å². The summed E-state index contributed by atoms with van der Waals surface area (Å²) in [6.45, 7) is 8.21. The molecule has 26 heavy (non-hydrogen) atoms. The van der Waals surface area contributed by atoms with Crippen LogP contribution in [0, 0.1) is 6.92 Å².